The van der Waals surface area contributed by atoms with Crippen LogP contribution in [-0.4, -0.2) is 25.3 Å². The van der Waals surface area contributed by atoms with Crippen LogP contribution in [0.25, 0.3) is 0 Å². The molecule has 1 fully saturated rings. The minimum absolute atomic E-state index is 0.0627. The van der Waals surface area contributed by atoms with Crippen LogP contribution in [0.2, 0.25) is 0 Å². The summed E-state index contributed by atoms with van der Waals surface area (Å²) in [5, 5.41) is 3.50. The van der Waals surface area contributed by atoms with Gasteiger partial charge in [0.1, 0.15) is 0 Å². The first-order valence-electron chi connectivity index (χ1n) is 7.18. The van der Waals surface area contributed by atoms with Crippen LogP contribution in [0.5, 0.6) is 0 Å². The van der Waals surface area contributed by atoms with Crippen molar-refractivity contribution in [3.63, 3.8) is 0 Å². The molecular formula is C15H31NO. The van der Waals surface area contributed by atoms with E-state index >= 15 is 0 Å². The molecule has 1 saturated carbocycles. The number of nitrogens with one attached hydrogen (secondary N) is 1. The van der Waals surface area contributed by atoms with Gasteiger partial charge >= 0.3 is 0 Å². The van der Waals surface area contributed by atoms with E-state index in [2.05, 4.69) is 47.0 Å². The summed E-state index contributed by atoms with van der Waals surface area (Å²) >= 11 is 0. The Morgan fingerprint density at radius 1 is 1.12 bits per heavy atom. The van der Waals surface area contributed by atoms with Gasteiger partial charge in [0.15, 0.2) is 0 Å². The largest absolute Gasteiger partial charge is 0.374 e. The molecule has 17 heavy (non-hydrogen) atoms. The average Bonchev–Trinajstić information content (AvgIpc) is 2.23. The fourth-order valence-corrected chi connectivity index (χ4v) is 3.39. The van der Waals surface area contributed by atoms with E-state index < -0.39 is 0 Å². The van der Waals surface area contributed by atoms with Crippen molar-refractivity contribution in [2.45, 2.75) is 71.9 Å². The molecule has 0 heterocycles. The Kier molecular flexibility index (Phi) is 5.03. The van der Waals surface area contributed by atoms with Gasteiger partial charge in [0.2, 0.25) is 0 Å². The summed E-state index contributed by atoms with van der Waals surface area (Å²) in [6.45, 7) is 12.3. The van der Waals surface area contributed by atoms with Crippen LogP contribution in [0.4, 0.5) is 0 Å². The molecule has 0 amide bonds. The second-order valence-electron chi connectivity index (χ2n) is 6.67. The second-order valence-corrected chi connectivity index (χ2v) is 6.67. The lowest BCUT2D eigenvalue weighted by Crippen LogP contribution is -2.56. The van der Waals surface area contributed by atoms with Gasteiger partial charge < -0.3 is 10.1 Å². The normalized spacial score (nSPS) is 24.9. The maximum atomic E-state index is 6.22. The SMILES string of the molecule is CCOC1(C(NC)C(C)C)CCC(C)(C)CC1. The van der Waals surface area contributed by atoms with Crippen molar-refractivity contribution in [1.82, 2.24) is 5.32 Å². The molecule has 0 aromatic carbocycles. The molecule has 0 aromatic heterocycles. The quantitative estimate of drug-likeness (QED) is 0.794. The summed E-state index contributed by atoms with van der Waals surface area (Å²) in [5.41, 5.74) is 0.559. The lowest BCUT2D eigenvalue weighted by Gasteiger charge is -2.49. The Morgan fingerprint density at radius 2 is 1.65 bits per heavy atom. The van der Waals surface area contributed by atoms with Crippen molar-refractivity contribution < 1.29 is 4.74 Å². The molecule has 0 bridgehead atoms. The van der Waals surface area contributed by atoms with Gasteiger partial charge in [-0.3, -0.25) is 0 Å². The van der Waals surface area contributed by atoms with Crippen LogP contribution in [0.1, 0.15) is 60.3 Å². The number of ether oxygens (including phenoxy) is 1. The molecule has 0 spiro atoms. The smallest absolute Gasteiger partial charge is 0.0837 e. The van der Waals surface area contributed by atoms with Crippen LogP contribution in [0, 0.1) is 11.3 Å². The highest BCUT2D eigenvalue weighted by Crippen LogP contribution is 2.44. The van der Waals surface area contributed by atoms with Gasteiger partial charge in [-0.1, -0.05) is 27.7 Å². The van der Waals surface area contributed by atoms with Gasteiger partial charge in [0.05, 0.1) is 5.60 Å². The van der Waals surface area contributed by atoms with Gasteiger partial charge in [0.25, 0.3) is 0 Å². The fraction of sp³-hybridized carbons (Fsp3) is 1.00. The van der Waals surface area contributed by atoms with E-state index in [0.29, 0.717) is 17.4 Å². The maximum Gasteiger partial charge on any atom is 0.0837 e. The Balaban J connectivity index is 2.83. The van der Waals surface area contributed by atoms with E-state index in [-0.39, 0.29) is 5.60 Å². The van der Waals surface area contributed by atoms with E-state index in [0.717, 1.165) is 6.61 Å². The minimum Gasteiger partial charge on any atom is -0.374 e. The molecular weight excluding hydrogens is 210 g/mol. The topological polar surface area (TPSA) is 21.3 Å². The van der Waals surface area contributed by atoms with Gasteiger partial charge in [-0.15, -0.1) is 0 Å². The van der Waals surface area contributed by atoms with Crippen molar-refractivity contribution in [2.24, 2.45) is 11.3 Å². The molecule has 102 valence electrons. The van der Waals surface area contributed by atoms with Crippen LogP contribution in [0.15, 0.2) is 0 Å². The monoisotopic (exact) mass is 241 g/mol. The summed E-state index contributed by atoms with van der Waals surface area (Å²) in [4.78, 5) is 0. The Labute approximate surface area is 108 Å². The summed E-state index contributed by atoms with van der Waals surface area (Å²) in [5.74, 6) is 0.618. The maximum absolute atomic E-state index is 6.22. The molecule has 0 saturated heterocycles. The Hall–Kier alpha value is -0.0800. The zero-order chi connectivity index (χ0) is 13.1. The highest BCUT2D eigenvalue weighted by molar-refractivity contribution is 4.99. The molecule has 1 aliphatic rings. The van der Waals surface area contributed by atoms with Gasteiger partial charge in [0, 0.05) is 12.6 Å². The fourth-order valence-electron chi connectivity index (χ4n) is 3.39. The van der Waals surface area contributed by atoms with E-state index in [4.69, 9.17) is 4.74 Å². The van der Waals surface area contributed by atoms with Crippen LogP contribution < -0.4 is 5.32 Å². The van der Waals surface area contributed by atoms with Crippen LogP contribution in [0.3, 0.4) is 0 Å². The number of likely N-dealkylation sites (N-methyl/N-ethyl adjacent to an activating group) is 1. The number of hydrogen-bond donors (Lipinski definition) is 1. The third kappa shape index (κ3) is 3.45. The predicted octanol–water partition coefficient (Wildman–Crippen LogP) is 3.61. The average molecular weight is 241 g/mol. The van der Waals surface area contributed by atoms with Crippen molar-refractivity contribution in [3.05, 3.63) is 0 Å². The third-order valence-electron chi connectivity index (χ3n) is 4.43. The zero-order valence-electron chi connectivity index (χ0n) is 12.6. The Bertz CT molecular complexity index is 225. The predicted molar refractivity (Wildman–Crippen MR) is 74.3 cm³/mol. The first-order valence-corrected chi connectivity index (χ1v) is 7.18. The second kappa shape index (κ2) is 5.71. The highest BCUT2D eigenvalue weighted by atomic mass is 16.5. The van der Waals surface area contributed by atoms with Crippen molar-refractivity contribution >= 4 is 0 Å². The molecule has 0 radical (unpaired) electrons. The summed E-state index contributed by atoms with van der Waals surface area (Å²) in [7, 11) is 2.07. The summed E-state index contributed by atoms with van der Waals surface area (Å²) in [6, 6.07) is 0.471. The minimum atomic E-state index is 0.0627. The van der Waals surface area contributed by atoms with E-state index in [1.54, 1.807) is 0 Å². The third-order valence-corrected chi connectivity index (χ3v) is 4.43. The first-order chi connectivity index (χ1) is 7.87. The van der Waals surface area contributed by atoms with Crippen molar-refractivity contribution in [3.8, 4) is 0 Å². The summed E-state index contributed by atoms with van der Waals surface area (Å²) in [6.07, 6.45) is 4.94. The van der Waals surface area contributed by atoms with E-state index in [1.807, 2.05) is 0 Å². The van der Waals surface area contributed by atoms with Gasteiger partial charge in [-0.25, -0.2) is 0 Å². The van der Waals surface area contributed by atoms with Crippen molar-refractivity contribution in [2.75, 3.05) is 13.7 Å². The molecule has 0 aliphatic heterocycles. The molecule has 1 unspecified atom stereocenters. The molecule has 1 atom stereocenters. The molecule has 1 aliphatic carbocycles. The number of rotatable bonds is 5. The van der Waals surface area contributed by atoms with E-state index in [9.17, 15) is 0 Å². The molecule has 2 nitrogen and oxygen atoms in total. The molecule has 2 heteroatoms. The highest BCUT2D eigenvalue weighted by Gasteiger charge is 2.45. The molecule has 1 rings (SSSR count). The standard InChI is InChI=1S/C15H31NO/c1-7-17-15(13(16-6)12(2)3)10-8-14(4,5)9-11-15/h12-13,16H,7-11H2,1-6H3. The zero-order valence-corrected chi connectivity index (χ0v) is 12.6. The van der Waals surface area contributed by atoms with Crippen LogP contribution in [-0.2, 0) is 4.74 Å². The number of hydrogen-bond acceptors (Lipinski definition) is 2. The molecule has 0 aromatic rings. The van der Waals surface area contributed by atoms with Gasteiger partial charge in [-0.2, -0.15) is 0 Å². The lowest BCUT2D eigenvalue weighted by molar-refractivity contribution is -0.113. The van der Waals surface area contributed by atoms with E-state index in [1.165, 1.54) is 25.7 Å². The summed E-state index contributed by atoms with van der Waals surface area (Å²) < 4.78 is 6.22. The van der Waals surface area contributed by atoms with Gasteiger partial charge in [-0.05, 0) is 51.0 Å². The molecule has 1 N–H and O–H groups in total. The lowest BCUT2D eigenvalue weighted by atomic mass is 9.66. The first kappa shape index (κ1) is 15.0. The van der Waals surface area contributed by atoms with Crippen molar-refractivity contribution in [1.29, 1.82) is 0 Å². The Morgan fingerprint density at radius 3 is 2.00 bits per heavy atom. The van der Waals surface area contributed by atoms with Crippen LogP contribution >= 0.6 is 0 Å².